The smallest absolute Gasteiger partial charge is 0.322 e. The Morgan fingerprint density at radius 3 is 2.16 bits per heavy atom. The SMILES string of the molecule is CS(=O)(=O)Nc1ccc(Oc2ccc(CN3CCC(N(Cc4cccc(=O)[nH]4)C(=O)Nc4ccc(F)cc4)CC3)cc2)cc1. The van der Waals surface area contributed by atoms with Crippen molar-refractivity contribution in [3.63, 3.8) is 0 Å². The lowest BCUT2D eigenvalue weighted by atomic mass is 10.0. The van der Waals surface area contributed by atoms with Crippen molar-refractivity contribution in [3.05, 3.63) is 118 Å². The van der Waals surface area contributed by atoms with Crippen LogP contribution in [0.4, 0.5) is 20.6 Å². The van der Waals surface area contributed by atoms with Crippen molar-refractivity contribution in [1.82, 2.24) is 14.8 Å². The highest BCUT2D eigenvalue weighted by Gasteiger charge is 2.28. The van der Waals surface area contributed by atoms with Crippen LogP contribution in [-0.2, 0) is 23.1 Å². The maximum absolute atomic E-state index is 13.4. The van der Waals surface area contributed by atoms with Crippen molar-refractivity contribution in [2.45, 2.75) is 32.0 Å². The number of piperidine rings is 1. The van der Waals surface area contributed by atoms with E-state index < -0.39 is 10.0 Å². The van der Waals surface area contributed by atoms with Gasteiger partial charge < -0.3 is 19.9 Å². The number of aromatic nitrogens is 1. The van der Waals surface area contributed by atoms with Crippen LogP contribution in [0.5, 0.6) is 11.5 Å². The van der Waals surface area contributed by atoms with Gasteiger partial charge in [0.25, 0.3) is 0 Å². The first-order valence-electron chi connectivity index (χ1n) is 14.2. The molecule has 0 saturated carbocycles. The summed E-state index contributed by atoms with van der Waals surface area (Å²) in [6, 6.07) is 24.6. The van der Waals surface area contributed by atoms with E-state index in [1.807, 2.05) is 24.3 Å². The first-order valence-corrected chi connectivity index (χ1v) is 16.1. The molecule has 0 spiro atoms. The Labute approximate surface area is 255 Å². The second-order valence-electron chi connectivity index (χ2n) is 10.8. The van der Waals surface area contributed by atoms with Gasteiger partial charge in [0.05, 0.1) is 12.8 Å². The number of sulfonamides is 1. The predicted molar refractivity (Wildman–Crippen MR) is 168 cm³/mol. The molecule has 0 atom stereocenters. The van der Waals surface area contributed by atoms with Crippen molar-refractivity contribution in [2.75, 3.05) is 29.4 Å². The summed E-state index contributed by atoms with van der Waals surface area (Å²) in [6.07, 6.45) is 2.60. The molecule has 44 heavy (non-hydrogen) atoms. The van der Waals surface area contributed by atoms with Gasteiger partial charge in [0.2, 0.25) is 15.6 Å². The number of carbonyl (C=O) groups is 1. The van der Waals surface area contributed by atoms with Gasteiger partial charge in [0, 0.05) is 48.8 Å². The Hall–Kier alpha value is -4.68. The monoisotopic (exact) mass is 619 g/mol. The Morgan fingerprint density at radius 2 is 1.55 bits per heavy atom. The highest BCUT2D eigenvalue weighted by molar-refractivity contribution is 7.92. The Bertz CT molecular complexity index is 1720. The molecular weight excluding hydrogens is 585 g/mol. The predicted octanol–water partition coefficient (Wildman–Crippen LogP) is 5.38. The highest BCUT2D eigenvalue weighted by Crippen LogP contribution is 2.25. The summed E-state index contributed by atoms with van der Waals surface area (Å²) in [7, 11) is -3.34. The summed E-state index contributed by atoms with van der Waals surface area (Å²) in [5, 5.41) is 2.86. The molecular formula is C32H34FN5O5S. The molecule has 2 heterocycles. The number of halogens is 1. The number of likely N-dealkylation sites (tertiary alicyclic amines) is 1. The number of pyridine rings is 1. The van der Waals surface area contributed by atoms with E-state index in [9.17, 15) is 22.4 Å². The minimum absolute atomic E-state index is 0.0507. The quantitative estimate of drug-likeness (QED) is 0.219. The zero-order chi connectivity index (χ0) is 31.1. The van der Waals surface area contributed by atoms with Gasteiger partial charge in [-0.15, -0.1) is 0 Å². The lowest BCUT2D eigenvalue weighted by Crippen LogP contribution is -2.48. The van der Waals surface area contributed by atoms with Crippen LogP contribution in [0.3, 0.4) is 0 Å². The number of aromatic amines is 1. The van der Waals surface area contributed by atoms with Crippen LogP contribution in [0.1, 0.15) is 24.1 Å². The number of ether oxygens (including phenoxy) is 1. The van der Waals surface area contributed by atoms with Crippen LogP contribution in [0.25, 0.3) is 0 Å². The van der Waals surface area contributed by atoms with Crippen molar-refractivity contribution >= 4 is 27.4 Å². The molecule has 0 unspecified atom stereocenters. The van der Waals surface area contributed by atoms with Crippen molar-refractivity contribution < 1.29 is 22.3 Å². The summed E-state index contributed by atoms with van der Waals surface area (Å²) in [6.45, 7) is 2.55. The fourth-order valence-corrected chi connectivity index (χ4v) is 5.68. The highest BCUT2D eigenvalue weighted by atomic mass is 32.2. The van der Waals surface area contributed by atoms with E-state index in [1.165, 1.54) is 30.3 Å². The maximum Gasteiger partial charge on any atom is 0.322 e. The van der Waals surface area contributed by atoms with E-state index >= 15 is 0 Å². The number of hydrogen-bond acceptors (Lipinski definition) is 6. The zero-order valence-electron chi connectivity index (χ0n) is 24.2. The normalized spacial score (nSPS) is 14.1. The topological polar surface area (TPSA) is 124 Å². The van der Waals surface area contributed by atoms with Gasteiger partial charge in [0.1, 0.15) is 17.3 Å². The molecule has 0 radical (unpaired) electrons. The molecule has 4 aromatic rings. The lowest BCUT2D eigenvalue weighted by Gasteiger charge is -2.38. The molecule has 12 heteroatoms. The van der Waals surface area contributed by atoms with Gasteiger partial charge in [-0.2, -0.15) is 0 Å². The number of rotatable bonds is 10. The number of urea groups is 1. The Morgan fingerprint density at radius 1 is 0.932 bits per heavy atom. The largest absolute Gasteiger partial charge is 0.457 e. The number of carbonyl (C=O) groups excluding carboxylic acids is 1. The molecule has 1 aliphatic heterocycles. The second kappa shape index (κ2) is 13.7. The van der Waals surface area contributed by atoms with Crippen molar-refractivity contribution in [1.29, 1.82) is 0 Å². The number of benzene rings is 3. The van der Waals surface area contributed by atoms with Gasteiger partial charge in [-0.3, -0.25) is 14.4 Å². The molecule has 1 aromatic heterocycles. The molecule has 2 amide bonds. The van der Waals surface area contributed by atoms with E-state index in [4.69, 9.17) is 4.74 Å². The zero-order valence-corrected chi connectivity index (χ0v) is 25.0. The van der Waals surface area contributed by atoms with Gasteiger partial charge >= 0.3 is 6.03 Å². The Kier molecular flexibility index (Phi) is 9.61. The van der Waals surface area contributed by atoms with Crippen molar-refractivity contribution in [3.8, 4) is 11.5 Å². The molecule has 0 bridgehead atoms. The molecule has 1 fully saturated rings. The van der Waals surface area contributed by atoms with Gasteiger partial charge in [-0.05, 0) is 85.1 Å². The summed E-state index contributed by atoms with van der Waals surface area (Å²) in [5.74, 6) is 0.872. The third-order valence-corrected chi connectivity index (χ3v) is 7.85. The van der Waals surface area contributed by atoms with E-state index in [1.54, 1.807) is 41.3 Å². The van der Waals surface area contributed by atoms with Crippen LogP contribution < -0.4 is 20.3 Å². The molecule has 1 aliphatic rings. The van der Waals surface area contributed by atoms with Crippen LogP contribution in [0.2, 0.25) is 0 Å². The maximum atomic E-state index is 13.4. The van der Waals surface area contributed by atoms with Crippen LogP contribution >= 0.6 is 0 Å². The first-order chi connectivity index (χ1) is 21.1. The Balaban J connectivity index is 1.17. The van der Waals surface area contributed by atoms with E-state index in [0.29, 0.717) is 28.6 Å². The van der Waals surface area contributed by atoms with Crippen LogP contribution in [0.15, 0.2) is 95.8 Å². The van der Waals surface area contributed by atoms with E-state index in [-0.39, 0.29) is 30.0 Å². The minimum Gasteiger partial charge on any atom is -0.457 e. The first kappa shape index (κ1) is 30.8. The molecule has 5 rings (SSSR count). The number of amides is 2. The minimum atomic E-state index is -3.34. The fraction of sp³-hybridized carbons (Fsp3) is 0.250. The summed E-state index contributed by atoms with van der Waals surface area (Å²) >= 11 is 0. The van der Waals surface area contributed by atoms with Crippen LogP contribution in [-0.4, -0.2) is 54.6 Å². The average molecular weight is 620 g/mol. The second-order valence-corrected chi connectivity index (χ2v) is 12.5. The van der Waals surface area contributed by atoms with Gasteiger partial charge in [-0.1, -0.05) is 18.2 Å². The van der Waals surface area contributed by atoms with Gasteiger partial charge in [0.15, 0.2) is 0 Å². The summed E-state index contributed by atoms with van der Waals surface area (Å²) < 4.78 is 44.5. The number of H-pyrrole nitrogens is 1. The molecule has 1 saturated heterocycles. The molecule has 0 aliphatic carbocycles. The summed E-state index contributed by atoms with van der Waals surface area (Å²) in [5.41, 5.74) is 2.49. The van der Waals surface area contributed by atoms with Gasteiger partial charge in [-0.25, -0.2) is 17.6 Å². The van der Waals surface area contributed by atoms with E-state index in [2.05, 4.69) is 19.9 Å². The molecule has 230 valence electrons. The molecule has 10 nitrogen and oxygen atoms in total. The molecule has 3 N–H and O–H groups in total. The number of hydrogen-bond donors (Lipinski definition) is 3. The fourth-order valence-electron chi connectivity index (χ4n) is 5.12. The molecule has 3 aromatic carbocycles. The summed E-state index contributed by atoms with van der Waals surface area (Å²) in [4.78, 5) is 32.1. The third kappa shape index (κ3) is 8.91. The standard InChI is InChI=1S/C32H34FN5O5S/c1-44(41,42)36-26-11-15-30(16-12-26)43-29-13-5-23(6-14-29)21-37-19-17-28(18-20-37)38(22-27-3-2-4-31(39)34-27)32(40)35-25-9-7-24(33)8-10-25/h2-16,28,36H,17-22H2,1H3,(H,34,39)(H,35,40). The number of anilines is 2. The number of nitrogens with one attached hydrogen (secondary N) is 3. The van der Waals surface area contributed by atoms with E-state index in [0.717, 1.165) is 44.3 Å². The lowest BCUT2D eigenvalue weighted by molar-refractivity contribution is 0.119. The third-order valence-electron chi connectivity index (χ3n) is 7.25. The van der Waals surface area contributed by atoms with Crippen LogP contribution in [0, 0.1) is 5.82 Å². The average Bonchev–Trinajstić information content (AvgIpc) is 2.99. The number of nitrogens with zero attached hydrogens (tertiary/aromatic N) is 2. The van der Waals surface area contributed by atoms with Crippen molar-refractivity contribution in [2.24, 2.45) is 0 Å².